The lowest BCUT2D eigenvalue weighted by atomic mass is 10.0. The number of hydrogen-bond donors (Lipinski definition) is 1. The third kappa shape index (κ3) is 4.26. The molecule has 0 atom stereocenters. The number of anilines is 1. The van der Waals surface area contributed by atoms with Gasteiger partial charge in [0.15, 0.2) is 5.79 Å². The van der Waals surface area contributed by atoms with Gasteiger partial charge < -0.3 is 19.7 Å². The van der Waals surface area contributed by atoms with E-state index in [2.05, 4.69) is 27.4 Å². The Bertz CT molecular complexity index is 751. The molecule has 2 fully saturated rings. The molecule has 0 saturated carbocycles. The molecule has 0 unspecified atom stereocenters. The van der Waals surface area contributed by atoms with Crippen molar-refractivity contribution < 1.29 is 14.3 Å². The molecular weight excluding hydrogens is 344 g/mol. The van der Waals surface area contributed by atoms with Gasteiger partial charge in [0.1, 0.15) is 11.5 Å². The number of aromatic nitrogens is 2. The van der Waals surface area contributed by atoms with E-state index in [1.807, 2.05) is 18.2 Å². The number of nitrogens with zero attached hydrogens (tertiary/aromatic N) is 3. The van der Waals surface area contributed by atoms with Crippen molar-refractivity contribution in [3.05, 3.63) is 54.0 Å². The minimum atomic E-state index is -0.477. The van der Waals surface area contributed by atoms with Gasteiger partial charge in [-0.05, 0) is 12.0 Å². The summed E-state index contributed by atoms with van der Waals surface area (Å²) in [6.45, 7) is 3.26. The summed E-state index contributed by atoms with van der Waals surface area (Å²) in [5, 5.41) is 3.24. The van der Waals surface area contributed by atoms with Crippen molar-refractivity contribution >= 4 is 11.7 Å². The van der Waals surface area contributed by atoms with Crippen LogP contribution in [-0.2, 0) is 15.9 Å². The largest absolute Gasteiger partial charge is 0.368 e. The second-order valence-electron chi connectivity index (χ2n) is 6.85. The van der Waals surface area contributed by atoms with E-state index in [9.17, 15) is 4.79 Å². The van der Waals surface area contributed by atoms with E-state index < -0.39 is 5.79 Å². The molecule has 0 radical (unpaired) electrons. The lowest BCUT2D eigenvalue weighted by molar-refractivity contribution is -0.181. The second kappa shape index (κ2) is 8.02. The maximum absolute atomic E-state index is 12.6. The van der Waals surface area contributed by atoms with Crippen LogP contribution in [-0.4, -0.2) is 59.4 Å². The number of benzene rings is 1. The maximum Gasteiger partial charge on any atom is 0.274 e. The first-order valence-corrected chi connectivity index (χ1v) is 9.41. The van der Waals surface area contributed by atoms with Gasteiger partial charge in [0.2, 0.25) is 0 Å². The molecule has 1 spiro atoms. The molecule has 1 aromatic heterocycles. The summed E-state index contributed by atoms with van der Waals surface area (Å²) in [7, 11) is 0. The standard InChI is InChI=1S/C20H24N4O3/c25-19(24-10-7-20(8-11-24)26-12-13-27-20)17-14-23-18(15-22-17)21-9-6-16-4-2-1-3-5-16/h1-5,14-15H,6-13H2,(H,21,23). The number of ether oxygens (including phenoxy) is 2. The van der Waals surface area contributed by atoms with E-state index in [1.165, 1.54) is 5.56 Å². The quantitative estimate of drug-likeness (QED) is 0.871. The lowest BCUT2D eigenvalue weighted by Gasteiger charge is -2.37. The summed E-state index contributed by atoms with van der Waals surface area (Å²) in [5.74, 6) is 0.105. The van der Waals surface area contributed by atoms with Crippen molar-refractivity contribution in [2.45, 2.75) is 25.0 Å². The van der Waals surface area contributed by atoms with Gasteiger partial charge in [-0.15, -0.1) is 0 Å². The van der Waals surface area contributed by atoms with Gasteiger partial charge in [-0.2, -0.15) is 0 Å². The third-order valence-corrected chi connectivity index (χ3v) is 5.06. The number of nitrogens with one attached hydrogen (secondary N) is 1. The Hall–Kier alpha value is -2.51. The first-order chi connectivity index (χ1) is 13.2. The highest BCUT2D eigenvalue weighted by molar-refractivity contribution is 5.92. The van der Waals surface area contributed by atoms with Crippen LogP contribution in [0.15, 0.2) is 42.7 Å². The van der Waals surface area contributed by atoms with Gasteiger partial charge in [0.25, 0.3) is 5.91 Å². The molecule has 1 amide bonds. The number of carbonyl (C=O) groups is 1. The topological polar surface area (TPSA) is 76.6 Å². The van der Waals surface area contributed by atoms with Crippen molar-refractivity contribution in [3.8, 4) is 0 Å². The Morgan fingerprint density at radius 3 is 2.48 bits per heavy atom. The number of amides is 1. The summed E-state index contributed by atoms with van der Waals surface area (Å²) in [6, 6.07) is 10.3. The minimum absolute atomic E-state index is 0.0915. The monoisotopic (exact) mass is 368 g/mol. The van der Waals surface area contributed by atoms with Crippen molar-refractivity contribution in [2.24, 2.45) is 0 Å². The number of carbonyl (C=O) groups excluding carboxylic acids is 1. The predicted molar refractivity (Wildman–Crippen MR) is 100 cm³/mol. The molecule has 2 aromatic rings. The zero-order valence-corrected chi connectivity index (χ0v) is 15.3. The van der Waals surface area contributed by atoms with Crippen LogP contribution in [0, 0.1) is 0 Å². The fourth-order valence-corrected chi connectivity index (χ4v) is 3.51. The van der Waals surface area contributed by atoms with Crippen molar-refractivity contribution in [2.75, 3.05) is 38.2 Å². The van der Waals surface area contributed by atoms with Crippen molar-refractivity contribution in [1.82, 2.24) is 14.9 Å². The van der Waals surface area contributed by atoms with Crippen LogP contribution < -0.4 is 5.32 Å². The molecule has 1 aromatic carbocycles. The van der Waals surface area contributed by atoms with Crippen LogP contribution in [0.5, 0.6) is 0 Å². The van der Waals surface area contributed by atoms with E-state index in [0.717, 1.165) is 13.0 Å². The molecule has 2 aliphatic heterocycles. The van der Waals surface area contributed by atoms with Crippen LogP contribution in [0.3, 0.4) is 0 Å². The van der Waals surface area contributed by atoms with E-state index >= 15 is 0 Å². The Morgan fingerprint density at radius 2 is 1.81 bits per heavy atom. The highest BCUT2D eigenvalue weighted by atomic mass is 16.7. The van der Waals surface area contributed by atoms with Gasteiger partial charge in [0.05, 0.1) is 25.6 Å². The van der Waals surface area contributed by atoms with Crippen LogP contribution in [0.25, 0.3) is 0 Å². The average Bonchev–Trinajstić information content (AvgIpc) is 3.17. The van der Waals surface area contributed by atoms with Crippen molar-refractivity contribution in [1.29, 1.82) is 0 Å². The smallest absolute Gasteiger partial charge is 0.274 e. The molecular formula is C20H24N4O3. The van der Waals surface area contributed by atoms with Gasteiger partial charge in [-0.25, -0.2) is 9.97 Å². The molecule has 3 heterocycles. The minimum Gasteiger partial charge on any atom is -0.368 e. The highest BCUT2D eigenvalue weighted by Crippen LogP contribution is 2.31. The zero-order valence-electron chi connectivity index (χ0n) is 15.3. The molecule has 7 heteroatoms. The fourth-order valence-electron chi connectivity index (χ4n) is 3.51. The molecule has 0 aliphatic carbocycles. The van der Waals surface area contributed by atoms with E-state index in [4.69, 9.17) is 9.47 Å². The van der Waals surface area contributed by atoms with Crippen molar-refractivity contribution in [3.63, 3.8) is 0 Å². The summed E-state index contributed by atoms with van der Waals surface area (Å²) in [6.07, 6.45) is 5.46. The predicted octanol–water partition coefficient (Wildman–Crippen LogP) is 2.11. The molecule has 1 N–H and O–H groups in total. The molecule has 0 bridgehead atoms. The number of rotatable bonds is 5. The Balaban J connectivity index is 1.27. The number of likely N-dealkylation sites (tertiary alicyclic amines) is 1. The molecule has 142 valence electrons. The fraction of sp³-hybridized carbons (Fsp3) is 0.450. The summed E-state index contributed by atoms with van der Waals surface area (Å²) in [5.41, 5.74) is 1.63. The lowest BCUT2D eigenvalue weighted by Crippen LogP contribution is -2.47. The van der Waals surface area contributed by atoms with E-state index in [-0.39, 0.29) is 5.91 Å². The normalized spacial score (nSPS) is 18.6. The molecule has 27 heavy (non-hydrogen) atoms. The Kier molecular flexibility index (Phi) is 5.31. The summed E-state index contributed by atoms with van der Waals surface area (Å²) < 4.78 is 11.4. The highest BCUT2D eigenvalue weighted by Gasteiger charge is 2.41. The maximum atomic E-state index is 12.6. The van der Waals surface area contributed by atoms with Gasteiger partial charge in [-0.1, -0.05) is 30.3 Å². The second-order valence-corrected chi connectivity index (χ2v) is 6.85. The van der Waals surface area contributed by atoms with Crippen LogP contribution in [0.1, 0.15) is 28.9 Å². The average molecular weight is 368 g/mol. The Labute approximate surface area is 158 Å². The number of hydrogen-bond acceptors (Lipinski definition) is 6. The molecule has 7 nitrogen and oxygen atoms in total. The van der Waals surface area contributed by atoms with E-state index in [0.29, 0.717) is 50.7 Å². The summed E-state index contributed by atoms with van der Waals surface area (Å²) >= 11 is 0. The van der Waals surface area contributed by atoms with Gasteiger partial charge >= 0.3 is 0 Å². The molecule has 4 rings (SSSR count). The van der Waals surface area contributed by atoms with Gasteiger partial charge in [0, 0.05) is 32.5 Å². The molecule has 2 aliphatic rings. The number of piperidine rings is 1. The SMILES string of the molecule is O=C(c1cnc(NCCc2ccccc2)cn1)N1CCC2(CC1)OCCO2. The van der Waals surface area contributed by atoms with Gasteiger partial charge in [-0.3, -0.25) is 4.79 Å². The first-order valence-electron chi connectivity index (χ1n) is 9.41. The molecule has 2 saturated heterocycles. The van der Waals surface area contributed by atoms with Crippen LogP contribution in [0.4, 0.5) is 5.82 Å². The summed E-state index contributed by atoms with van der Waals surface area (Å²) in [4.78, 5) is 23.0. The Morgan fingerprint density at radius 1 is 1.07 bits per heavy atom. The van der Waals surface area contributed by atoms with Crippen LogP contribution >= 0.6 is 0 Å². The third-order valence-electron chi connectivity index (χ3n) is 5.06. The van der Waals surface area contributed by atoms with E-state index in [1.54, 1.807) is 17.3 Å². The first kappa shape index (κ1) is 17.9. The van der Waals surface area contributed by atoms with Crippen LogP contribution in [0.2, 0.25) is 0 Å². The zero-order chi connectivity index (χ0) is 18.5.